The van der Waals surface area contributed by atoms with E-state index in [0.717, 1.165) is 25.7 Å². The summed E-state index contributed by atoms with van der Waals surface area (Å²) in [6.45, 7) is 6.69. The summed E-state index contributed by atoms with van der Waals surface area (Å²) in [6.07, 6.45) is 27.2. The smallest absolute Gasteiger partial charge is 0.305 e. The van der Waals surface area contributed by atoms with E-state index in [1.165, 1.54) is 32.8 Å². The third-order valence-corrected chi connectivity index (χ3v) is 3.93. The minimum absolute atomic E-state index is 0.0920. The fraction of sp³-hybridized carbons (Fsp3) is 0.609. The molecule has 0 unspecified atom stereocenters. The first-order valence-corrected chi connectivity index (χ1v) is 9.74. The molecule has 0 aromatic carbocycles. The van der Waals surface area contributed by atoms with E-state index in [2.05, 4.69) is 74.1 Å². The number of ether oxygens (including phenoxy) is 1. The van der Waals surface area contributed by atoms with Crippen LogP contribution in [0.3, 0.4) is 0 Å². The van der Waals surface area contributed by atoms with E-state index < -0.39 is 0 Å². The number of unbranched alkanes of at least 4 members (excludes halogenated alkanes) is 4. The Hall–Kier alpha value is -1.57. The van der Waals surface area contributed by atoms with Crippen LogP contribution in [-0.4, -0.2) is 13.1 Å². The Morgan fingerprint density at radius 1 is 0.840 bits per heavy atom. The van der Waals surface area contributed by atoms with E-state index in [0.29, 0.717) is 6.42 Å². The van der Waals surface area contributed by atoms with E-state index in [1.807, 2.05) is 0 Å². The number of hydrogen-bond donors (Lipinski definition) is 0. The topological polar surface area (TPSA) is 26.3 Å². The van der Waals surface area contributed by atoms with Crippen LogP contribution in [0.1, 0.15) is 78.6 Å². The fourth-order valence-corrected chi connectivity index (χ4v) is 2.36. The molecule has 0 radical (unpaired) electrons. The molecule has 142 valence electrons. The predicted molar refractivity (Wildman–Crippen MR) is 110 cm³/mol. The maximum absolute atomic E-state index is 11.0. The van der Waals surface area contributed by atoms with Gasteiger partial charge in [-0.1, -0.05) is 82.2 Å². The first kappa shape index (κ1) is 23.4. The highest BCUT2D eigenvalue weighted by Crippen LogP contribution is 2.19. The molecule has 0 fully saturated rings. The van der Waals surface area contributed by atoms with Gasteiger partial charge in [-0.2, -0.15) is 0 Å². The van der Waals surface area contributed by atoms with Crippen molar-refractivity contribution in [2.75, 3.05) is 7.11 Å². The molecule has 0 amide bonds. The molecule has 0 rings (SSSR count). The molecular weight excluding hydrogens is 308 g/mol. The molecule has 0 aromatic rings. The zero-order valence-electron chi connectivity index (χ0n) is 16.8. The van der Waals surface area contributed by atoms with Crippen LogP contribution in [0.5, 0.6) is 0 Å². The van der Waals surface area contributed by atoms with E-state index in [1.54, 1.807) is 0 Å². The van der Waals surface area contributed by atoms with Gasteiger partial charge in [-0.25, -0.2) is 0 Å². The number of esters is 1. The van der Waals surface area contributed by atoms with E-state index >= 15 is 0 Å². The number of allylic oxidation sites excluding steroid dienone is 8. The number of hydrogen-bond acceptors (Lipinski definition) is 2. The van der Waals surface area contributed by atoms with Crippen molar-refractivity contribution >= 4 is 5.97 Å². The number of methoxy groups -OCH3 is 1. The average Bonchev–Trinajstić information content (AvgIpc) is 2.59. The molecule has 2 nitrogen and oxygen atoms in total. The highest BCUT2D eigenvalue weighted by atomic mass is 16.5. The van der Waals surface area contributed by atoms with Gasteiger partial charge in [0.05, 0.1) is 7.11 Å². The largest absolute Gasteiger partial charge is 0.469 e. The third kappa shape index (κ3) is 17.1. The van der Waals surface area contributed by atoms with Gasteiger partial charge in [0.2, 0.25) is 0 Å². The van der Waals surface area contributed by atoms with Crippen LogP contribution in [0.25, 0.3) is 0 Å². The standard InChI is InChI=1S/C23H38O2/c1-5-6-7-8-9-11-14-17-20-23(2,3)21-18-15-12-10-13-16-19-22(24)25-4/h9-12,17-18,20-21H,5-8,13-16,19H2,1-4H3. The summed E-state index contributed by atoms with van der Waals surface area (Å²) >= 11 is 0. The van der Waals surface area contributed by atoms with Crippen LogP contribution in [0, 0.1) is 5.41 Å². The molecule has 0 spiro atoms. The summed E-state index contributed by atoms with van der Waals surface area (Å²) in [5, 5.41) is 0. The van der Waals surface area contributed by atoms with Gasteiger partial charge < -0.3 is 4.74 Å². The summed E-state index contributed by atoms with van der Waals surface area (Å²) in [7, 11) is 1.43. The monoisotopic (exact) mass is 346 g/mol. The predicted octanol–water partition coefficient (Wildman–Crippen LogP) is 6.94. The van der Waals surface area contributed by atoms with Gasteiger partial charge in [0, 0.05) is 11.8 Å². The van der Waals surface area contributed by atoms with Gasteiger partial charge in [0.15, 0.2) is 0 Å². The van der Waals surface area contributed by atoms with Crippen molar-refractivity contribution in [3.63, 3.8) is 0 Å². The minimum atomic E-state index is -0.127. The Bertz CT molecular complexity index is 439. The highest BCUT2D eigenvalue weighted by Gasteiger charge is 2.07. The second kappa shape index (κ2) is 15.9. The van der Waals surface area contributed by atoms with Gasteiger partial charge in [-0.3, -0.25) is 4.79 Å². The molecule has 0 saturated heterocycles. The van der Waals surface area contributed by atoms with Gasteiger partial charge in [-0.15, -0.1) is 0 Å². The molecule has 0 aliphatic carbocycles. The molecule has 0 atom stereocenters. The van der Waals surface area contributed by atoms with Crippen molar-refractivity contribution in [1.82, 2.24) is 0 Å². The van der Waals surface area contributed by atoms with Crippen LogP contribution < -0.4 is 0 Å². The molecular formula is C23H38O2. The Morgan fingerprint density at radius 3 is 1.92 bits per heavy atom. The molecule has 0 aliphatic rings. The Labute approximate surface area is 155 Å². The quantitative estimate of drug-likeness (QED) is 0.193. The highest BCUT2D eigenvalue weighted by molar-refractivity contribution is 5.69. The van der Waals surface area contributed by atoms with Crippen molar-refractivity contribution in [1.29, 1.82) is 0 Å². The molecule has 0 aliphatic heterocycles. The lowest BCUT2D eigenvalue weighted by Crippen LogP contribution is -2.01. The Balaban J connectivity index is 3.87. The summed E-state index contributed by atoms with van der Waals surface area (Å²) in [6, 6.07) is 0. The SMILES string of the molecule is CCCCCC=CCC=CC(C)(C)C=CCC=CCCCC(=O)OC. The zero-order valence-corrected chi connectivity index (χ0v) is 16.8. The Kier molecular flexibility index (Phi) is 14.9. The summed E-state index contributed by atoms with van der Waals surface area (Å²) in [5.41, 5.74) is 0.0920. The van der Waals surface area contributed by atoms with E-state index in [4.69, 9.17) is 0 Å². The number of rotatable bonds is 14. The molecule has 2 heteroatoms. The zero-order chi connectivity index (χ0) is 18.8. The molecule has 0 saturated carbocycles. The van der Waals surface area contributed by atoms with E-state index in [-0.39, 0.29) is 11.4 Å². The van der Waals surface area contributed by atoms with Gasteiger partial charge in [0.1, 0.15) is 0 Å². The van der Waals surface area contributed by atoms with Gasteiger partial charge in [0.25, 0.3) is 0 Å². The lowest BCUT2D eigenvalue weighted by Gasteiger charge is -2.13. The van der Waals surface area contributed by atoms with Crippen LogP contribution >= 0.6 is 0 Å². The van der Waals surface area contributed by atoms with E-state index in [9.17, 15) is 4.79 Å². The summed E-state index contributed by atoms with van der Waals surface area (Å²) in [5.74, 6) is -0.127. The summed E-state index contributed by atoms with van der Waals surface area (Å²) < 4.78 is 4.62. The Morgan fingerprint density at radius 2 is 1.40 bits per heavy atom. The molecule has 0 heterocycles. The second-order valence-electron chi connectivity index (χ2n) is 7.00. The van der Waals surface area contributed by atoms with Gasteiger partial charge in [-0.05, 0) is 38.5 Å². The first-order valence-electron chi connectivity index (χ1n) is 9.74. The average molecular weight is 347 g/mol. The minimum Gasteiger partial charge on any atom is -0.469 e. The van der Waals surface area contributed by atoms with Gasteiger partial charge >= 0.3 is 5.97 Å². The normalized spacial score (nSPS) is 13.0. The van der Waals surface area contributed by atoms with Crippen molar-refractivity contribution in [3.05, 3.63) is 48.6 Å². The first-order chi connectivity index (χ1) is 12.0. The van der Waals surface area contributed by atoms with Crippen molar-refractivity contribution in [2.24, 2.45) is 5.41 Å². The number of carbonyl (C=O) groups excluding carboxylic acids is 1. The maximum atomic E-state index is 11.0. The van der Waals surface area contributed by atoms with Crippen LogP contribution in [0.15, 0.2) is 48.6 Å². The molecule has 0 aromatic heterocycles. The lowest BCUT2D eigenvalue weighted by atomic mass is 9.92. The number of carbonyl (C=O) groups is 1. The fourth-order valence-electron chi connectivity index (χ4n) is 2.36. The van der Waals surface area contributed by atoms with Crippen LogP contribution in [0.2, 0.25) is 0 Å². The third-order valence-electron chi connectivity index (χ3n) is 3.93. The molecule has 0 N–H and O–H groups in total. The molecule has 25 heavy (non-hydrogen) atoms. The summed E-state index contributed by atoms with van der Waals surface area (Å²) in [4.78, 5) is 11.0. The van der Waals surface area contributed by atoms with Crippen LogP contribution in [0.4, 0.5) is 0 Å². The second-order valence-corrected chi connectivity index (χ2v) is 7.00. The maximum Gasteiger partial charge on any atom is 0.305 e. The van der Waals surface area contributed by atoms with Crippen molar-refractivity contribution in [2.45, 2.75) is 78.6 Å². The molecule has 0 bridgehead atoms. The van der Waals surface area contributed by atoms with Crippen LogP contribution in [-0.2, 0) is 9.53 Å². The lowest BCUT2D eigenvalue weighted by molar-refractivity contribution is -0.140. The van der Waals surface area contributed by atoms with Crippen molar-refractivity contribution in [3.8, 4) is 0 Å². The van der Waals surface area contributed by atoms with Crippen molar-refractivity contribution < 1.29 is 9.53 Å².